The maximum atomic E-state index is 13.2. The molecule has 0 aliphatic heterocycles. The quantitative estimate of drug-likeness (QED) is 0.916. The molecule has 1 fully saturated rings. The van der Waals surface area contributed by atoms with Gasteiger partial charge in [0, 0.05) is 10.9 Å². The van der Waals surface area contributed by atoms with Crippen molar-refractivity contribution in [3.8, 4) is 0 Å². The highest BCUT2D eigenvalue weighted by molar-refractivity contribution is 7.85. The number of benzene rings is 1. The summed E-state index contributed by atoms with van der Waals surface area (Å²) in [5.74, 6) is 1.38. The molecule has 0 saturated heterocycles. The Bertz CT molecular complexity index is 512. The van der Waals surface area contributed by atoms with E-state index >= 15 is 0 Å². The van der Waals surface area contributed by atoms with Crippen LogP contribution >= 0.6 is 0 Å². The van der Waals surface area contributed by atoms with Crippen LogP contribution in [-0.2, 0) is 10.8 Å². The molecule has 2 nitrogen and oxygen atoms in total. The topological polar surface area (TPSA) is 29.1 Å². The van der Waals surface area contributed by atoms with Crippen molar-refractivity contribution in [2.45, 2.75) is 63.1 Å². The van der Waals surface area contributed by atoms with E-state index in [-0.39, 0.29) is 5.25 Å². The summed E-state index contributed by atoms with van der Waals surface area (Å²) >= 11 is 0. The van der Waals surface area contributed by atoms with Gasteiger partial charge in [-0.3, -0.25) is 4.21 Å². The predicted molar refractivity (Wildman–Crippen MR) is 91.1 cm³/mol. The second kappa shape index (κ2) is 7.06. The van der Waals surface area contributed by atoms with Gasteiger partial charge < -0.3 is 5.32 Å². The van der Waals surface area contributed by atoms with Crippen molar-refractivity contribution >= 4 is 10.8 Å². The second-order valence-corrected chi connectivity index (χ2v) is 8.46. The fraction of sp³-hybridized carbons (Fsp3) is 0.667. The first-order valence-corrected chi connectivity index (χ1v) is 9.30. The van der Waals surface area contributed by atoms with Crippen LogP contribution in [0.2, 0.25) is 0 Å². The molecule has 4 unspecified atom stereocenters. The van der Waals surface area contributed by atoms with Gasteiger partial charge in [0.25, 0.3) is 0 Å². The van der Waals surface area contributed by atoms with Crippen molar-refractivity contribution in [1.29, 1.82) is 0 Å². The Labute approximate surface area is 132 Å². The van der Waals surface area contributed by atoms with Crippen molar-refractivity contribution < 1.29 is 4.21 Å². The third-order valence-corrected chi connectivity index (χ3v) is 6.93. The van der Waals surface area contributed by atoms with E-state index in [2.05, 4.69) is 51.2 Å². The van der Waals surface area contributed by atoms with Crippen LogP contribution < -0.4 is 5.32 Å². The van der Waals surface area contributed by atoms with Crippen LogP contribution in [0.1, 0.15) is 44.2 Å². The van der Waals surface area contributed by atoms with Crippen molar-refractivity contribution in [2.75, 3.05) is 7.05 Å². The first kappa shape index (κ1) is 16.7. The maximum Gasteiger partial charge on any atom is 0.0579 e. The van der Waals surface area contributed by atoms with E-state index in [1.807, 2.05) is 7.05 Å². The molecule has 0 heterocycles. The van der Waals surface area contributed by atoms with E-state index in [4.69, 9.17) is 0 Å². The van der Waals surface area contributed by atoms with Crippen LogP contribution in [0.3, 0.4) is 0 Å². The number of rotatable bonds is 4. The van der Waals surface area contributed by atoms with Gasteiger partial charge >= 0.3 is 0 Å². The average molecular weight is 308 g/mol. The van der Waals surface area contributed by atoms with Gasteiger partial charge in [-0.05, 0) is 69.2 Å². The minimum atomic E-state index is -0.921. The number of hydrogen-bond acceptors (Lipinski definition) is 2. The van der Waals surface area contributed by atoms with Crippen molar-refractivity contribution in [3.05, 3.63) is 29.3 Å². The summed E-state index contributed by atoms with van der Waals surface area (Å²) in [6, 6.07) is 6.68. The van der Waals surface area contributed by atoms with Crippen LogP contribution in [0.15, 0.2) is 23.1 Å². The van der Waals surface area contributed by atoms with Crippen LogP contribution in [0.4, 0.5) is 0 Å². The Hall–Kier alpha value is -0.670. The SMILES string of the molecule is CNC1CCC(C(C)C)CC1S(=O)c1cc(C)ccc1C. The molecule has 1 aromatic rings. The summed E-state index contributed by atoms with van der Waals surface area (Å²) in [5, 5.41) is 3.64. The Morgan fingerprint density at radius 1 is 1.24 bits per heavy atom. The zero-order valence-corrected chi connectivity index (χ0v) is 14.8. The van der Waals surface area contributed by atoms with Crippen molar-refractivity contribution in [2.24, 2.45) is 11.8 Å². The molecular weight excluding hydrogens is 278 g/mol. The molecule has 1 saturated carbocycles. The number of hydrogen-bond donors (Lipinski definition) is 1. The molecule has 2 rings (SSSR count). The molecule has 0 bridgehead atoms. The highest BCUT2D eigenvalue weighted by atomic mass is 32.2. The third-order valence-electron chi connectivity index (χ3n) is 4.98. The summed E-state index contributed by atoms with van der Waals surface area (Å²) in [6.07, 6.45) is 3.47. The zero-order valence-electron chi connectivity index (χ0n) is 14.0. The first-order valence-electron chi connectivity index (χ1n) is 8.09. The molecule has 1 aliphatic carbocycles. The van der Waals surface area contributed by atoms with Crippen LogP contribution in [0.25, 0.3) is 0 Å². The molecule has 0 radical (unpaired) electrons. The largest absolute Gasteiger partial charge is 0.316 e. The lowest BCUT2D eigenvalue weighted by atomic mass is 9.79. The number of aryl methyl sites for hydroxylation is 2. The minimum Gasteiger partial charge on any atom is -0.316 e. The summed E-state index contributed by atoms with van der Waals surface area (Å²) in [6.45, 7) is 8.74. The normalized spacial score (nSPS) is 27.8. The smallest absolute Gasteiger partial charge is 0.0579 e. The fourth-order valence-electron chi connectivity index (χ4n) is 3.42. The van der Waals surface area contributed by atoms with Crippen molar-refractivity contribution in [3.63, 3.8) is 0 Å². The zero-order chi connectivity index (χ0) is 15.6. The molecular formula is C18H29NOS. The standard InChI is InChI=1S/C18H29NOS/c1-12(2)15-8-9-16(19-5)18(11-15)21(20)17-10-13(3)6-7-14(17)4/h6-7,10,12,15-16,18-19H,8-9,11H2,1-5H3. The molecule has 21 heavy (non-hydrogen) atoms. The van der Waals surface area contributed by atoms with Gasteiger partial charge in [-0.15, -0.1) is 0 Å². The van der Waals surface area contributed by atoms with Crippen molar-refractivity contribution in [1.82, 2.24) is 5.32 Å². The molecule has 0 aromatic heterocycles. The Morgan fingerprint density at radius 2 is 1.95 bits per heavy atom. The first-order chi connectivity index (χ1) is 9.93. The Kier molecular flexibility index (Phi) is 5.61. The highest BCUT2D eigenvalue weighted by Crippen LogP contribution is 2.35. The Morgan fingerprint density at radius 3 is 2.57 bits per heavy atom. The van der Waals surface area contributed by atoms with Gasteiger partial charge in [0.2, 0.25) is 0 Å². The van der Waals surface area contributed by atoms with Crippen LogP contribution in [0, 0.1) is 25.7 Å². The van der Waals surface area contributed by atoms with Gasteiger partial charge in [0.15, 0.2) is 0 Å². The predicted octanol–water partition coefficient (Wildman–Crippen LogP) is 3.82. The number of nitrogens with one attached hydrogen (secondary N) is 1. The van der Waals surface area contributed by atoms with E-state index in [0.29, 0.717) is 17.9 Å². The molecule has 4 atom stereocenters. The highest BCUT2D eigenvalue weighted by Gasteiger charge is 2.35. The van der Waals surface area contributed by atoms with Gasteiger partial charge in [-0.25, -0.2) is 0 Å². The van der Waals surface area contributed by atoms with Gasteiger partial charge in [0.1, 0.15) is 0 Å². The lowest BCUT2D eigenvalue weighted by molar-refractivity contribution is 0.249. The lowest BCUT2D eigenvalue weighted by Crippen LogP contribution is -2.45. The van der Waals surface area contributed by atoms with Crippen LogP contribution in [0.5, 0.6) is 0 Å². The van der Waals surface area contributed by atoms with Gasteiger partial charge in [0.05, 0.1) is 16.0 Å². The summed E-state index contributed by atoms with van der Waals surface area (Å²) < 4.78 is 13.2. The van der Waals surface area contributed by atoms with Crippen LogP contribution in [-0.4, -0.2) is 22.5 Å². The monoisotopic (exact) mass is 307 g/mol. The van der Waals surface area contributed by atoms with E-state index in [1.165, 1.54) is 12.0 Å². The maximum absolute atomic E-state index is 13.2. The minimum absolute atomic E-state index is 0.233. The molecule has 0 spiro atoms. The summed E-state index contributed by atoms with van der Waals surface area (Å²) in [7, 11) is 1.09. The van der Waals surface area contributed by atoms with E-state index < -0.39 is 10.8 Å². The molecule has 0 amide bonds. The Balaban J connectivity index is 2.27. The molecule has 118 valence electrons. The lowest BCUT2D eigenvalue weighted by Gasteiger charge is -2.37. The average Bonchev–Trinajstić information content (AvgIpc) is 2.48. The third kappa shape index (κ3) is 3.75. The van der Waals surface area contributed by atoms with E-state index in [1.54, 1.807) is 0 Å². The van der Waals surface area contributed by atoms with E-state index in [9.17, 15) is 4.21 Å². The van der Waals surface area contributed by atoms with E-state index in [0.717, 1.165) is 23.3 Å². The molecule has 1 aliphatic rings. The van der Waals surface area contributed by atoms with Gasteiger partial charge in [-0.1, -0.05) is 26.0 Å². The fourth-order valence-corrected chi connectivity index (χ4v) is 5.43. The molecule has 1 aromatic carbocycles. The second-order valence-electron chi connectivity index (χ2n) is 6.82. The summed E-state index contributed by atoms with van der Waals surface area (Å²) in [5.41, 5.74) is 2.35. The summed E-state index contributed by atoms with van der Waals surface area (Å²) in [4.78, 5) is 1.03. The molecule has 3 heteroatoms. The molecule has 1 N–H and O–H groups in total. The van der Waals surface area contributed by atoms with Gasteiger partial charge in [-0.2, -0.15) is 0 Å².